The SMILES string of the molecule is C[C@@H]1NC(=O)[C@@H](O)[C@H](O)[C@@H]1O. The first kappa shape index (κ1) is 8.45. The largest absolute Gasteiger partial charge is 0.388 e. The zero-order valence-corrected chi connectivity index (χ0v) is 6.06. The Morgan fingerprint density at radius 1 is 1.27 bits per heavy atom. The van der Waals surface area contributed by atoms with E-state index in [1.807, 2.05) is 0 Å². The summed E-state index contributed by atoms with van der Waals surface area (Å²) in [5.41, 5.74) is 0. The first-order valence-electron chi connectivity index (χ1n) is 3.38. The lowest BCUT2D eigenvalue weighted by atomic mass is 9.97. The lowest BCUT2D eigenvalue weighted by Gasteiger charge is -2.33. The summed E-state index contributed by atoms with van der Waals surface area (Å²) in [5.74, 6) is -0.643. The molecule has 5 heteroatoms. The van der Waals surface area contributed by atoms with Gasteiger partial charge < -0.3 is 20.6 Å². The fourth-order valence-electron chi connectivity index (χ4n) is 1.03. The number of piperidine rings is 1. The minimum Gasteiger partial charge on any atom is -0.388 e. The Bertz CT molecular complexity index is 172. The Labute approximate surface area is 63.7 Å². The summed E-state index contributed by atoms with van der Waals surface area (Å²) < 4.78 is 0. The third-order valence-electron chi connectivity index (χ3n) is 1.82. The molecular formula is C6H11NO4. The third kappa shape index (κ3) is 1.35. The predicted molar refractivity (Wildman–Crippen MR) is 35.6 cm³/mol. The standard InChI is InChI=1S/C6H11NO4/c1-2-3(8)4(9)5(10)6(11)7-2/h2-5,8-10H,1H3,(H,7,11)/t2-,3+,4+,5-/m0/s1. The molecule has 0 unspecified atom stereocenters. The Morgan fingerprint density at radius 3 is 2.36 bits per heavy atom. The van der Waals surface area contributed by atoms with E-state index in [4.69, 9.17) is 15.3 Å². The number of hydrogen-bond donors (Lipinski definition) is 4. The van der Waals surface area contributed by atoms with Gasteiger partial charge in [0.15, 0.2) is 6.10 Å². The summed E-state index contributed by atoms with van der Waals surface area (Å²) in [6, 6.07) is -0.513. The van der Waals surface area contributed by atoms with Crippen molar-refractivity contribution < 1.29 is 20.1 Å². The van der Waals surface area contributed by atoms with E-state index in [1.165, 1.54) is 0 Å². The van der Waals surface area contributed by atoms with Crippen molar-refractivity contribution in [2.24, 2.45) is 0 Å². The molecule has 5 nitrogen and oxygen atoms in total. The molecule has 0 aliphatic carbocycles. The van der Waals surface area contributed by atoms with E-state index >= 15 is 0 Å². The molecule has 4 N–H and O–H groups in total. The molecule has 1 fully saturated rings. The molecule has 1 aliphatic rings. The highest BCUT2D eigenvalue weighted by molar-refractivity contribution is 5.82. The monoisotopic (exact) mass is 161 g/mol. The fourth-order valence-corrected chi connectivity index (χ4v) is 1.03. The van der Waals surface area contributed by atoms with Gasteiger partial charge in [-0.05, 0) is 6.92 Å². The van der Waals surface area contributed by atoms with Gasteiger partial charge in [0.05, 0.1) is 6.04 Å². The van der Waals surface area contributed by atoms with Crippen molar-refractivity contribution in [3.8, 4) is 0 Å². The highest BCUT2D eigenvalue weighted by Gasteiger charge is 2.39. The summed E-state index contributed by atoms with van der Waals surface area (Å²) in [7, 11) is 0. The Morgan fingerprint density at radius 2 is 1.82 bits per heavy atom. The van der Waals surface area contributed by atoms with Crippen molar-refractivity contribution >= 4 is 5.91 Å². The van der Waals surface area contributed by atoms with Crippen LogP contribution >= 0.6 is 0 Å². The molecule has 4 atom stereocenters. The number of rotatable bonds is 0. The van der Waals surface area contributed by atoms with E-state index in [2.05, 4.69) is 5.32 Å². The van der Waals surface area contributed by atoms with Gasteiger partial charge in [0.25, 0.3) is 5.91 Å². The first-order chi connectivity index (χ1) is 5.04. The average Bonchev–Trinajstić information content (AvgIpc) is 1.97. The van der Waals surface area contributed by atoms with Crippen LogP contribution in [0.3, 0.4) is 0 Å². The van der Waals surface area contributed by atoms with Crippen LogP contribution in [0.4, 0.5) is 0 Å². The molecule has 0 radical (unpaired) electrons. The summed E-state index contributed by atoms with van der Waals surface area (Å²) in [6.45, 7) is 1.55. The zero-order valence-electron chi connectivity index (χ0n) is 6.06. The number of hydrogen-bond acceptors (Lipinski definition) is 4. The molecule has 0 bridgehead atoms. The normalized spacial score (nSPS) is 45.3. The molecule has 1 heterocycles. The maximum absolute atomic E-state index is 10.7. The number of aliphatic hydroxyl groups is 3. The molecule has 0 spiro atoms. The van der Waals surface area contributed by atoms with Crippen LogP contribution in [0.5, 0.6) is 0 Å². The molecule has 11 heavy (non-hydrogen) atoms. The number of nitrogens with one attached hydrogen (secondary N) is 1. The minimum absolute atomic E-state index is 0.513. The summed E-state index contributed by atoms with van der Waals surface area (Å²) >= 11 is 0. The predicted octanol–water partition coefficient (Wildman–Crippen LogP) is -2.41. The highest BCUT2D eigenvalue weighted by Crippen LogP contribution is 2.10. The number of carbonyl (C=O) groups is 1. The van der Waals surface area contributed by atoms with E-state index in [-0.39, 0.29) is 0 Å². The number of aliphatic hydroxyl groups excluding tert-OH is 3. The first-order valence-corrected chi connectivity index (χ1v) is 3.38. The van der Waals surface area contributed by atoms with Gasteiger partial charge in [-0.15, -0.1) is 0 Å². The zero-order chi connectivity index (χ0) is 8.59. The van der Waals surface area contributed by atoms with Crippen molar-refractivity contribution in [2.45, 2.75) is 31.3 Å². The lowest BCUT2D eigenvalue weighted by molar-refractivity contribution is -0.152. The summed E-state index contributed by atoms with van der Waals surface area (Å²) in [6.07, 6.45) is -3.98. The van der Waals surface area contributed by atoms with Gasteiger partial charge in [-0.3, -0.25) is 4.79 Å². The second-order valence-corrected chi connectivity index (χ2v) is 2.72. The Hall–Kier alpha value is -0.650. The smallest absolute Gasteiger partial charge is 0.251 e. The molecule has 64 valence electrons. The van der Waals surface area contributed by atoms with Gasteiger partial charge >= 0.3 is 0 Å². The van der Waals surface area contributed by atoms with Gasteiger partial charge in [0.1, 0.15) is 12.2 Å². The lowest BCUT2D eigenvalue weighted by Crippen LogP contribution is -2.61. The summed E-state index contributed by atoms with van der Waals surface area (Å²) in [5, 5.41) is 29.4. The molecule has 0 saturated carbocycles. The van der Waals surface area contributed by atoms with Crippen LogP contribution in [0.1, 0.15) is 6.92 Å². The van der Waals surface area contributed by atoms with Gasteiger partial charge in [-0.1, -0.05) is 0 Å². The van der Waals surface area contributed by atoms with Crippen molar-refractivity contribution in [3.63, 3.8) is 0 Å². The molecule has 1 saturated heterocycles. The van der Waals surface area contributed by atoms with Crippen LogP contribution in [-0.2, 0) is 4.79 Å². The fraction of sp³-hybridized carbons (Fsp3) is 0.833. The van der Waals surface area contributed by atoms with Crippen LogP contribution in [0.2, 0.25) is 0 Å². The molecule has 1 aliphatic heterocycles. The molecular weight excluding hydrogens is 150 g/mol. The minimum atomic E-state index is -1.51. The molecule has 0 aromatic rings. The Kier molecular flexibility index (Phi) is 2.12. The van der Waals surface area contributed by atoms with Gasteiger partial charge in [-0.2, -0.15) is 0 Å². The van der Waals surface area contributed by atoms with Crippen molar-refractivity contribution in [1.82, 2.24) is 5.32 Å². The van der Waals surface area contributed by atoms with E-state index in [1.54, 1.807) is 6.92 Å². The van der Waals surface area contributed by atoms with Crippen LogP contribution in [-0.4, -0.2) is 45.6 Å². The molecule has 1 rings (SSSR count). The Balaban J connectivity index is 2.70. The number of carbonyl (C=O) groups excluding carboxylic acids is 1. The topological polar surface area (TPSA) is 89.8 Å². The maximum Gasteiger partial charge on any atom is 0.251 e. The molecule has 1 amide bonds. The van der Waals surface area contributed by atoms with Crippen LogP contribution in [0.25, 0.3) is 0 Å². The van der Waals surface area contributed by atoms with Crippen LogP contribution in [0.15, 0.2) is 0 Å². The van der Waals surface area contributed by atoms with Gasteiger partial charge in [0, 0.05) is 0 Å². The van der Waals surface area contributed by atoms with Crippen molar-refractivity contribution in [1.29, 1.82) is 0 Å². The van der Waals surface area contributed by atoms with E-state index in [0.717, 1.165) is 0 Å². The van der Waals surface area contributed by atoms with Crippen LogP contribution in [0, 0.1) is 0 Å². The third-order valence-corrected chi connectivity index (χ3v) is 1.82. The van der Waals surface area contributed by atoms with Crippen molar-refractivity contribution in [2.75, 3.05) is 0 Å². The van der Waals surface area contributed by atoms with Crippen molar-refractivity contribution in [3.05, 3.63) is 0 Å². The maximum atomic E-state index is 10.7. The van der Waals surface area contributed by atoms with Crippen LogP contribution < -0.4 is 5.32 Å². The summed E-state index contributed by atoms with van der Waals surface area (Å²) in [4.78, 5) is 10.7. The molecule has 0 aromatic carbocycles. The number of amides is 1. The molecule has 0 aromatic heterocycles. The van der Waals surface area contributed by atoms with E-state index in [0.29, 0.717) is 0 Å². The van der Waals surface area contributed by atoms with E-state index < -0.39 is 30.3 Å². The van der Waals surface area contributed by atoms with Gasteiger partial charge in [-0.25, -0.2) is 0 Å². The van der Waals surface area contributed by atoms with E-state index in [9.17, 15) is 4.79 Å². The second kappa shape index (κ2) is 2.77. The highest BCUT2D eigenvalue weighted by atomic mass is 16.4. The second-order valence-electron chi connectivity index (χ2n) is 2.72. The quantitative estimate of drug-likeness (QED) is 0.318. The average molecular weight is 161 g/mol. The van der Waals surface area contributed by atoms with Gasteiger partial charge in [0.2, 0.25) is 0 Å².